The van der Waals surface area contributed by atoms with Gasteiger partial charge in [-0.2, -0.15) is 5.10 Å². The molecule has 2 N–H and O–H groups in total. The first-order chi connectivity index (χ1) is 17.9. The lowest BCUT2D eigenvalue weighted by molar-refractivity contribution is 0.0992. The first-order valence-electron chi connectivity index (χ1n) is 12.2. The number of hydrogen-bond acceptors (Lipinski definition) is 9. The van der Waals surface area contributed by atoms with E-state index in [1.165, 1.54) is 7.11 Å². The van der Waals surface area contributed by atoms with E-state index >= 15 is 0 Å². The summed E-state index contributed by atoms with van der Waals surface area (Å²) in [4.78, 5) is 13.8. The normalized spacial score (nSPS) is 16.0. The Hall–Kier alpha value is -3.16. The van der Waals surface area contributed by atoms with Crippen LogP contribution in [0.25, 0.3) is 33.5 Å². The topological polar surface area (TPSA) is 135 Å². The van der Waals surface area contributed by atoms with Gasteiger partial charge >= 0.3 is 0 Å². The first-order valence-corrected chi connectivity index (χ1v) is 13.2. The van der Waals surface area contributed by atoms with Crippen LogP contribution in [0.5, 0.6) is 5.88 Å². The van der Waals surface area contributed by atoms with Crippen molar-refractivity contribution < 1.29 is 17.9 Å². The zero-order chi connectivity index (χ0) is 25.9. The minimum atomic E-state index is -2.40. The molecule has 11 nitrogen and oxygen atoms in total. The van der Waals surface area contributed by atoms with Crippen LogP contribution in [0.4, 0.5) is 0 Å². The van der Waals surface area contributed by atoms with Crippen LogP contribution in [0.1, 0.15) is 25.2 Å². The maximum atomic E-state index is 11.0. The molecule has 1 aromatic carbocycles. The van der Waals surface area contributed by atoms with Crippen LogP contribution in [-0.2, 0) is 24.4 Å². The van der Waals surface area contributed by atoms with Gasteiger partial charge in [-0.15, -0.1) is 0 Å². The summed E-state index contributed by atoms with van der Waals surface area (Å²) in [6, 6.07) is 6.37. The summed E-state index contributed by atoms with van der Waals surface area (Å²) >= 11 is -2.40. The van der Waals surface area contributed by atoms with Gasteiger partial charge in [-0.25, -0.2) is 14.7 Å². The lowest BCUT2D eigenvalue weighted by Crippen LogP contribution is -2.48. The second kappa shape index (κ2) is 11.1. The van der Waals surface area contributed by atoms with Crippen LogP contribution >= 0.6 is 0 Å². The number of hydrogen-bond donors (Lipinski definition) is 2. The summed E-state index contributed by atoms with van der Waals surface area (Å²) in [5.74, 6) is 1.70. The number of nitrogens with one attached hydrogen (secondary N) is 2. The van der Waals surface area contributed by atoms with Gasteiger partial charge < -0.3 is 13.7 Å². The molecule has 0 spiro atoms. The maximum Gasteiger partial charge on any atom is 0.227 e. The van der Waals surface area contributed by atoms with Gasteiger partial charge in [0.05, 0.1) is 31.6 Å². The van der Waals surface area contributed by atoms with E-state index in [1.54, 1.807) is 18.6 Å². The average molecular weight is 525 g/mol. The van der Waals surface area contributed by atoms with Gasteiger partial charge in [0.1, 0.15) is 5.76 Å². The fourth-order valence-electron chi connectivity index (χ4n) is 4.66. The fourth-order valence-corrected chi connectivity index (χ4v) is 4.93. The molecule has 5 rings (SSSR count). The van der Waals surface area contributed by atoms with Crippen molar-refractivity contribution in [2.45, 2.75) is 33.0 Å². The van der Waals surface area contributed by atoms with Crippen molar-refractivity contribution in [3.8, 4) is 28.5 Å². The number of H-pyrrole nitrogens is 1. The summed E-state index contributed by atoms with van der Waals surface area (Å²) < 4.78 is 35.9. The summed E-state index contributed by atoms with van der Waals surface area (Å²) in [5.41, 5.74) is 3.91. The molecular weight excluding hydrogens is 494 g/mol. The predicted molar refractivity (Wildman–Crippen MR) is 139 cm³/mol. The predicted octanol–water partition coefficient (Wildman–Crippen LogP) is 2.70. The average Bonchev–Trinajstić information content (AvgIpc) is 3.56. The van der Waals surface area contributed by atoms with Crippen LogP contribution in [0, 0.1) is 0 Å². The molecule has 0 radical (unpaired) electrons. The molecule has 1 fully saturated rings. The number of pyridine rings is 1. The Morgan fingerprint density at radius 1 is 1.14 bits per heavy atom. The van der Waals surface area contributed by atoms with Crippen LogP contribution in [-0.4, -0.2) is 78.1 Å². The smallest absolute Gasteiger partial charge is 0.227 e. The third kappa shape index (κ3) is 5.73. The molecule has 1 saturated heterocycles. The third-order valence-electron chi connectivity index (χ3n) is 6.69. The number of ether oxygens (including phenoxy) is 1. The minimum Gasteiger partial charge on any atom is -0.760 e. The number of rotatable bonds is 9. The Morgan fingerprint density at radius 2 is 1.95 bits per heavy atom. The molecule has 4 heterocycles. The van der Waals surface area contributed by atoms with Crippen molar-refractivity contribution in [3.05, 3.63) is 48.1 Å². The Balaban J connectivity index is 1.42. The Bertz CT molecular complexity index is 1390. The van der Waals surface area contributed by atoms with Crippen LogP contribution in [0.2, 0.25) is 0 Å². The summed E-state index contributed by atoms with van der Waals surface area (Å²) in [7, 11) is 1.50. The SMILES string of the molecule is COc1ncc(-c2cc(-c3ncc(CN4CCN(C(C)C)CC4)o3)c3cn[nH]c3c2)cc1CNS(=O)[O-]. The second-order valence-electron chi connectivity index (χ2n) is 9.34. The highest BCUT2D eigenvalue weighted by atomic mass is 32.2. The van der Waals surface area contributed by atoms with E-state index in [1.807, 2.05) is 18.2 Å². The quantitative estimate of drug-likeness (QED) is 0.317. The summed E-state index contributed by atoms with van der Waals surface area (Å²) in [6.07, 6.45) is 5.24. The van der Waals surface area contributed by atoms with E-state index in [9.17, 15) is 8.76 Å². The van der Waals surface area contributed by atoms with Crippen molar-refractivity contribution >= 4 is 22.2 Å². The molecule has 12 heteroatoms. The van der Waals surface area contributed by atoms with E-state index in [-0.39, 0.29) is 6.54 Å². The molecule has 1 aliphatic rings. The van der Waals surface area contributed by atoms with E-state index in [0.29, 0.717) is 29.9 Å². The monoisotopic (exact) mass is 524 g/mol. The number of oxazole rings is 1. The lowest BCUT2D eigenvalue weighted by Gasteiger charge is -2.36. The summed E-state index contributed by atoms with van der Waals surface area (Å²) in [5, 5.41) is 8.14. The van der Waals surface area contributed by atoms with Crippen LogP contribution in [0.3, 0.4) is 0 Å². The van der Waals surface area contributed by atoms with E-state index in [0.717, 1.165) is 59.5 Å². The Kier molecular flexibility index (Phi) is 7.63. The molecule has 0 bridgehead atoms. The molecule has 0 aliphatic carbocycles. The number of aromatic nitrogens is 4. The molecule has 0 saturated carbocycles. The Labute approximate surface area is 217 Å². The zero-order valence-electron chi connectivity index (χ0n) is 21.1. The number of nitrogens with zero attached hydrogens (tertiary/aromatic N) is 5. The molecular formula is C25H30N7O4S-. The molecule has 196 valence electrons. The van der Waals surface area contributed by atoms with E-state index in [2.05, 4.69) is 48.5 Å². The van der Waals surface area contributed by atoms with Gasteiger partial charge in [-0.1, -0.05) is 0 Å². The molecule has 3 aromatic heterocycles. The number of aromatic amines is 1. The van der Waals surface area contributed by atoms with Crippen LogP contribution in [0.15, 0.2) is 41.2 Å². The minimum absolute atomic E-state index is 0.0633. The molecule has 1 unspecified atom stereocenters. The van der Waals surface area contributed by atoms with Gasteiger partial charge in [0.2, 0.25) is 11.8 Å². The van der Waals surface area contributed by atoms with Crippen LogP contribution < -0.4 is 9.46 Å². The highest BCUT2D eigenvalue weighted by Gasteiger charge is 2.21. The van der Waals surface area contributed by atoms with Crippen molar-refractivity contribution in [3.63, 3.8) is 0 Å². The van der Waals surface area contributed by atoms with Crippen molar-refractivity contribution in [2.24, 2.45) is 0 Å². The number of methoxy groups -OCH3 is 1. The third-order valence-corrected chi connectivity index (χ3v) is 7.07. The van der Waals surface area contributed by atoms with Crippen molar-refractivity contribution in [2.75, 3.05) is 33.3 Å². The number of fused-ring (bicyclic) bond motifs is 1. The molecule has 37 heavy (non-hydrogen) atoms. The Morgan fingerprint density at radius 3 is 2.68 bits per heavy atom. The standard InChI is InChI=1S/C25H31N7O4S/c1-16(2)32-6-4-31(5-7-32)15-20-13-27-25(36-20)21-9-17(10-23-22(21)14-28-30-23)18-8-19(12-29-37(33)34)24(35-3)26-11-18/h8-11,13-14,16,29H,4-7,12,15H2,1-3H3,(H,28,30)(H,33,34)/p-1. The maximum absolute atomic E-state index is 11.0. The van der Waals surface area contributed by atoms with Gasteiger partial charge in [0.15, 0.2) is 0 Å². The molecule has 4 aromatic rings. The lowest BCUT2D eigenvalue weighted by atomic mass is 10.0. The number of benzene rings is 1. The highest BCUT2D eigenvalue weighted by molar-refractivity contribution is 7.77. The first kappa shape index (κ1) is 25.5. The van der Waals surface area contributed by atoms with Crippen molar-refractivity contribution in [1.29, 1.82) is 0 Å². The van der Waals surface area contributed by atoms with Gasteiger partial charge in [0, 0.05) is 78.3 Å². The highest BCUT2D eigenvalue weighted by Crippen LogP contribution is 2.34. The van der Waals surface area contributed by atoms with E-state index < -0.39 is 11.3 Å². The largest absolute Gasteiger partial charge is 0.760 e. The second-order valence-corrected chi connectivity index (χ2v) is 10.1. The number of piperazine rings is 1. The van der Waals surface area contributed by atoms with Crippen molar-refractivity contribution in [1.82, 2.24) is 34.7 Å². The fraction of sp³-hybridized carbons (Fsp3) is 0.400. The van der Waals surface area contributed by atoms with E-state index in [4.69, 9.17) is 9.15 Å². The molecule has 0 amide bonds. The van der Waals surface area contributed by atoms with Gasteiger partial charge in [-0.05, 0) is 37.6 Å². The van der Waals surface area contributed by atoms with Gasteiger partial charge in [-0.3, -0.25) is 19.1 Å². The molecule has 1 atom stereocenters. The zero-order valence-corrected chi connectivity index (χ0v) is 21.9. The summed E-state index contributed by atoms with van der Waals surface area (Å²) in [6.45, 7) is 9.34. The molecule has 1 aliphatic heterocycles. The van der Waals surface area contributed by atoms with Gasteiger partial charge in [0.25, 0.3) is 0 Å².